The second kappa shape index (κ2) is 9.39. The summed E-state index contributed by atoms with van der Waals surface area (Å²) in [5.41, 5.74) is 2.20. The van der Waals surface area contributed by atoms with E-state index in [9.17, 15) is 5.11 Å². The fraction of sp³-hybridized carbons (Fsp3) is 0.435. The first-order chi connectivity index (χ1) is 13.8. The van der Waals surface area contributed by atoms with Crippen LogP contribution >= 0.6 is 11.3 Å². The molecule has 0 atom stereocenters. The van der Waals surface area contributed by atoms with Crippen LogP contribution in [0.2, 0.25) is 0 Å². The Morgan fingerprint density at radius 2 is 1.64 bits per heavy atom. The van der Waals surface area contributed by atoms with E-state index in [0.29, 0.717) is 0 Å². The first-order valence-corrected chi connectivity index (χ1v) is 11.2. The number of para-hydroxylation sites is 1. The van der Waals surface area contributed by atoms with Crippen molar-refractivity contribution in [2.45, 2.75) is 32.1 Å². The average Bonchev–Trinajstić information content (AvgIpc) is 3.18. The van der Waals surface area contributed by atoms with E-state index in [-0.39, 0.29) is 5.75 Å². The number of hydrogen-bond acceptors (Lipinski definition) is 5. The second-order valence-electron chi connectivity index (χ2n) is 7.60. The molecular formula is C23H29N3OS. The highest BCUT2D eigenvalue weighted by molar-refractivity contribution is 7.22. The predicted molar refractivity (Wildman–Crippen MR) is 119 cm³/mol. The van der Waals surface area contributed by atoms with Gasteiger partial charge in [-0.25, -0.2) is 4.98 Å². The van der Waals surface area contributed by atoms with Gasteiger partial charge in [0.25, 0.3) is 0 Å². The van der Waals surface area contributed by atoms with Gasteiger partial charge >= 0.3 is 0 Å². The predicted octanol–water partition coefficient (Wildman–Crippen LogP) is 4.93. The van der Waals surface area contributed by atoms with Crippen LogP contribution in [-0.4, -0.2) is 47.7 Å². The molecule has 0 spiro atoms. The van der Waals surface area contributed by atoms with Crippen LogP contribution in [-0.2, 0) is 6.42 Å². The first kappa shape index (κ1) is 19.2. The number of rotatable bonds is 8. The third-order valence-corrected chi connectivity index (χ3v) is 6.64. The number of aromatic nitrogens is 1. The number of anilines is 1. The molecule has 1 aliphatic rings. The Labute approximate surface area is 171 Å². The molecule has 2 aromatic carbocycles. The molecule has 2 heterocycles. The molecule has 3 aromatic rings. The summed E-state index contributed by atoms with van der Waals surface area (Å²) in [7, 11) is 0. The number of fused-ring (bicyclic) bond motifs is 1. The molecular weight excluding hydrogens is 366 g/mol. The summed E-state index contributed by atoms with van der Waals surface area (Å²) in [6.07, 6.45) is 6.44. The minimum atomic E-state index is 0.283. The minimum Gasteiger partial charge on any atom is -0.506 e. The Bertz CT molecular complexity index is 872. The molecule has 1 saturated heterocycles. The van der Waals surface area contributed by atoms with E-state index in [0.717, 1.165) is 41.5 Å². The van der Waals surface area contributed by atoms with Crippen LogP contribution in [0.3, 0.4) is 0 Å². The molecule has 0 amide bonds. The van der Waals surface area contributed by atoms with Gasteiger partial charge in [0.2, 0.25) is 0 Å². The normalized spacial score (nSPS) is 15.4. The lowest BCUT2D eigenvalue weighted by molar-refractivity contribution is 0.252. The Balaban J connectivity index is 1.15. The van der Waals surface area contributed by atoms with Crippen molar-refractivity contribution in [3.63, 3.8) is 0 Å². The van der Waals surface area contributed by atoms with Crippen molar-refractivity contribution in [2.24, 2.45) is 0 Å². The number of benzene rings is 2. The SMILES string of the molecule is Oc1cccc2sc(N3CCN(CCCCCCc4ccccc4)CC3)nc12. The monoisotopic (exact) mass is 395 g/mol. The maximum atomic E-state index is 9.97. The van der Waals surface area contributed by atoms with Crippen molar-refractivity contribution in [2.75, 3.05) is 37.6 Å². The molecule has 0 aliphatic carbocycles. The zero-order chi connectivity index (χ0) is 19.2. The molecule has 1 aliphatic heterocycles. The number of unbranched alkanes of at least 4 members (excludes halogenated alkanes) is 3. The second-order valence-corrected chi connectivity index (χ2v) is 8.61. The Hall–Kier alpha value is -2.11. The van der Waals surface area contributed by atoms with Gasteiger partial charge in [-0.1, -0.05) is 60.6 Å². The maximum absolute atomic E-state index is 9.97. The molecule has 0 saturated carbocycles. The van der Waals surface area contributed by atoms with E-state index < -0.39 is 0 Å². The van der Waals surface area contributed by atoms with Crippen LogP contribution in [0.4, 0.5) is 5.13 Å². The fourth-order valence-electron chi connectivity index (χ4n) is 3.88. The standard InChI is InChI=1S/C23H29N3OS/c27-20-12-8-13-21-22(20)24-23(28-21)26-17-15-25(16-18-26)14-7-2-1-4-9-19-10-5-3-6-11-19/h3,5-6,8,10-13,27H,1-2,4,7,9,14-18H2. The van der Waals surface area contributed by atoms with Crippen molar-refractivity contribution in [1.29, 1.82) is 0 Å². The number of phenolic OH excluding ortho intramolecular Hbond substituents is 1. The van der Waals surface area contributed by atoms with Crippen molar-refractivity contribution in [1.82, 2.24) is 9.88 Å². The van der Waals surface area contributed by atoms with Crippen LogP contribution in [0.25, 0.3) is 10.2 Å². The van der Waals surface area contributed by atoms with Crippen LogP contribution in [0.15, 0.2) is 48.5 Å². The summed E-state index contributed by atoms with van der Waals surface area (Å²) in [5, 5.41) is 11.0. The smallest absolute Gasteiger partial charge is 0.186 e. The Morgan fingerprint density at radius 1 is 0.857 bits per heavy atom. The number of hydrogen-bond donors (Lipinski definition) is 1. The van der Waals surface area contributed by atoms with Gasteiger partial charge in [0.15, 0.2) is 5.13 Å². The highest BCUT2D eigenvalue weighted by atomic mass is 32.1. The number of piperazine rings is 1. The summed E-state index contributed by atoms with van der Waals surface area (Å²) >= 11 is 1.68. The summed E-state index contributed by atoms with van der Waals surface area (Å²) in [5.74, 6) is 0.283. The quantitative estimate of drug-likeness (QED) is 0.549. The van der Waals surface area contributed by atoms with E-state index in [1.807, 2.05) is 12.1 Å². The largest absolute Gasteiger partial charge is 0.506 e. The van der Waals surface area contributed by atoms with Crippen molar-refractivity contribution >= 4 is 26.7 Å². The molecule has 28 heavy (non-hydrogen) atoms. The third-order valence-electron chi connectivity index (χ3n) is 5.56. The van der Waals surface area contributed by atoms with Crippen molar-refractivity contribution in [3.05, 3.63) is 54.1 Å². The van der Waals surface area contributed by atoms with Gasteiger partial charge in [-0.15, -0.1) is 0 Å². The molecule has 0 unspecified atom stereocenters. The zero-order valence-electron chi connectivity index (χ0n) is 16.4. The Kier molecular flexibility index (Phi) is 6.45. The molecule has 1 fully saturated rings. The van der Waals surface area contributed by atoms with E-state index in [1.54, 1.807) is 17.4 Å². The van der Waals surface area contributed by atoms with Crippen molar-refractivity contribution < 1.29 is 5.11 Å². The third kappa shape index (κ3) is 4.83. The number of aromatic hydroxyl groups is 1. The van der Waals surface area contributed by atoms with Gasteiger partial charge in [-0.3, -0.25) is 4.90 Å². The lowest BCUT2D eigenvalue weighted by atomic mass is 10.1. The van der Waals surface area contributed by atoms with Crippen LogP contribution in [0, 0.1) is 0 Å². The van der Waals surface area contributed by atoms with Gasteiger partial charge in [-0.05, 0) is 43.5 Å². The van der Waals surface area contributed by atoms with E-state index in [4.69, 9.17) is 0 Å². The van der Waals surface area contributed by atoms with Gasteiger partial charge in [-0.2, -0.15) is 0 Å². The summed E-state index contributed by atoms with van der Waals surface area (Å²) in [6, 6.07) is 16.4. The van der Waals surface area contributed by atoms with Crippen molar-refractivity contribution in [3.8, 4) is 5.75 Å². The lowest BCUT2D eigenvalue weighted by Gasteiger charge is -2.34. The minimum absolute atomic E-state index is 0.283. The molecule has 148 valence electrons. The first-order valence-electron chi connectivity index (χ1n) is 10.4. The average molecular weight is 396 g/mol. The number of nitrogens with zero attached hydrogens (tertiary/aromatic N) is 3. The number of phenols is 1. The number of aryl methyl sites for hydroxylation is 1. The number of thiazole rings is 1. The van der Waals surface area contributed by atoms with Gasteiger partial charge < -0.3 is 10.0 Å². The Morgan fingerprint density at radius 3 is 2.43 bits per heavy atom. The molecule has 4 nitrogen and oxygen atoms in total. The van der Waals surface area contributed by atoms with E-state index in [2.05, 4.69) is 45.1 Å². The fourth-order valence-corrected chi connectivity index (χ4v) is 4.92. The molecule has 5 heteroatoms. The summed E-state index contributed by atoms with van der Waals surface area (Å²) < 4.78 is 1.06. The lowest BCUT2D eigenvalue weighted by Crippen LogP contribution is -2.46. The van der Waals surface area contributed by atoms with E-state index >= 15 is 0 Å². The maximum Gasteiger partial charge on any atom is 0.186 e. The summed E-state index contributed by atoms with van der Waals surface area (Å²) in [6.45, 7) is 5.46. The molecule has 4 rings (SSSR count). The van der Waals surface area contributed by atoms with Crippen LogP contribution in [0.1, 0.15) is 31.2 Å². The van der Waals surface area contributed by atoms with E-state index in [1.165, 1.54) is 44.2 Å². The van der Waals surface area contributed by atoms with Crippen LogP contribution in [0.5, 0.6) is 5.75 Å². The topological polar surface area (TPSA) is 39.6 Å². The summed E-state index contributed by atoms with van der Waals surface area (Å²) in [4.78, 5) is 9.60. The van der Waals surface area contributed by atoms with Crippen LogP contribution < -0.4 is 4.90 Å². The molecule has 0 radical (unpaired) electrons. The molecule has 1 N–H and O–H groups in total. The van der Waals surface area contributed by atoms with Gasteiger partial charge in [0.1, 0.15) is 11.3 Å². The highest BCUT2D eigenvalue weighted by Gasteiger charge is 2.20. The molecule has 0 bridgehead atoms. The highest BCUT2D eigenvalue weighted by Crippen LogP contribution is 2.33. The molecule has 1 aromatic heterocycles. The zero-order valence-corrected chi connectivity index (χ0v) is 17.2. The van der Waals surface area contributed by atoms with Gasteiger partial charge in [0, 0.05) is 26.2 Å². The van der Waals surface area contributed by atoms with Gasteiger partial charge in [0.05, 0.1) is 4.70 Å².